The van der Waals surface area contributed by atoms with Crippen LogP contribution in [0.4, 0.5) is 4.39 Å². The highest BCUT2D eigenvalue weighted by atomic mass is 35.5. The topological polar surface area (TPSA) is 34.1 Å². The Labute approximate surface area is 151 Å². The van der Waals surface area contributed by atoms with Gasteiger partial charge in [-0.1, -0.05) is 35.9 Å². The standard InChI is InChI=1S/C20H18ClFN2O/c21-19-11-18(22)6-5-17(19)14-25-20-4-2-1-3-16(20)13-24-12-15-7-9-23-10-8-15/h1-11,24H,12-14H2. The number of aromatic nitrogens is 1. The summed E-state index contributed by atoms with van der Waals surface area (Å²) in [6.45, 7) is 1.72. The van der Waals surface area contributed by atoms with E-state index in [9.17, 15) is 4.39 Å². The molecule has 2 aromatic carbocycles. The van der Waals surface area contributed by atoms with Crippen LogP contribution in [0.5, 0.6) is 5.75 Å². The van der Waals surface area contributed by atoms with Gasteiger partial charge in [0.15, 0.2) is 0 Å². The molecule has 0 spiro atoms. The molecule has 1 heterocycles. The number of halogens is 2. The summed E-state index contributed by atoms with van der Waals surface area (Å²) in [5, 5.41) is 3.76. The van der Waals surface area contributed by atoms with Crippen molar-refractivity contribution >= 4 is 11.6 Å². The quantitative estimate of drug-likeness (QED) is 0.663. The lowest BCUT2D eigenvalue weighted by molar-refractivity contribution is 0.302. The van der Waals surface area contributed by atoms with Crippen LogP contribution in [-0.2, 0) is 19.7 Å². The van der Waals surface area contributed by atoms with Gasteiger partial charge >= 0.3 is 0 Å². The van der Waals surface area contributed by atoms with Crippen LogP contribution in [0, 0.1) is 5.82 Å². The summed E-state index contributed by atoms with van der Waals surface area (Å²) >= 11 is 6.05. The average molecular weight is 357 g/mol. The molecule has 3 rings (SSSR count). The summed E-state index contributed by atoms with van der Waals surface area (Å²) in [4.78, 5) is 4.01. The van der Waals surface area contributed by atoms with Gasteiger partial charge in [-0.15, -0.1) is 0 Å². The predicted molar refractivity (Wildman–Crippen MR) is 97.0 cm³/mol. The molecule has 0 aliphatic rings. The van der Waals surface area contributed by atoms with E-state index in [1.807, 2.05) is 36.4 Å². The fraction of sp³-hybridized carbons (Fsp3) is 0.150. The summed E-state index contributed by atoms with van der Waals surface area (Å²) < 4.78 is 19.0. The number of nitrogens with one attached hydrogen (secondary N) is 1. The molecule has 0 aliphatic heterocycles. The number of rotatable bonds is 7. The molecule has 3 aromatic rings. The molecular formula is C20H18ClFN2O. The number of nitrogens with zero attached hydrogens (tertiary/aromatic N) is 1. The minimum absolute atomic E-state index is 0.292. The van der Waals surface area contributed by atoms with E-state index < -0.39 is 0 Å². The van der Waals surface area contributed by atoms with Crippen LogP contribution in [0.1, 0.15) is 16.7 Å². The van der Waals surface area contributed by atoms with E-state index in [2.05, 4.69) is 10.3 Å². The molecule has 3 nitrogen and oxygen atoms in total. The molecule has 0 aliphatic carbocycles. The molecule has 1 N–H and O–H groups in total. The summed E-state index contributed by atoms with van der Waals surface area (Å²) in [7, 11) is 0. The largest absolute Gasteiger partial charge is 0.489 e. The third-order valence-electron chi connectivity index (χ3n) is 3.76. The highest BCUT2D eigenvalue weighted by Gasteiger charge is 2.06. The minimum atomic E-state index is -0.352. The molecule has 0 saturated heterocycles. The zero-order valence-electron chi connectivity index (χ0n) is 13.6. The first-order chi connectivity index (χ1) is 12.2. The maximum absolute atomic E-state index is 13.1. The van der Waals surface area contributed by atoms with E-state index in [1.165, 1.54) is 17.7 Å². The highest BCUT2D eigenvalue weighted by Crippen LogP contribution is 2.22. The third-order valence-corrected chi connectivity index (χ3v) is 4.12. The van der Waals surface area contributed by atoms with E-state index in [4.69, 9.17) is 16.3 Å². The molecule has 0 saturated carbocycles. The Morgan fingerprint density at radius 1 is 0.960 bits per heavy atom. The van der Waals surface area contributed by atoms with Crippen molar-refractivity contribution in [3.05, 3.63) is 94.5 Å². The van der Waals surface area contributed by atoms with Crippen molar-refractivity contribution in [2.45, 2.75) is 19.7 Å². The molecule has 0 atom stereocenters. The zero-order chi connectivity index (χ0) is 17.5. The molecule has 0 fully saturated rings. The Kier molecular flexibility index (Phi) is 5.99. The average Bonchev–Trinajstić information content (AvgIpc) is 2.63. The Morgan fingerprint density at radius 2 is 1.76 bits per heavy atom. The highest BCUT2D eigenvalue weighted by molar-refractivity contribution is 6.31. The van der Waals surface area contributed by atoms with Crippen LogP contribution in [0.25, 0.3) is 0 Å². The maximum atomic E-state index is 13.1. The summed E-state index contributed by atoms with van der Waals surface area (Å²) in [6, 6.07) is 16.1. The molecule has 0 amide bonds. The SMILES string of the molecule is Fc1ccc(COc2ccccc2CNCc2ccncc2)c(Cl)c1. The van der Waals surface area contributed by atoms with Crippen LogP contribution in [0.2, 0.25) is 5.02 Å². The number of hydrogen-bond acceptors (Lipinski definition) is 3. The van der Waals surface area contributed by atoms with E-state index >= 15 is 0 Å². The van der Waals surface area contributed by atoms with Gasteiger partial charge in [-0.05, 0) is 35.9 Å². The van der Waals surface area contributed by atoms with Crippen LogP contribution in [0.15, 0.2) is 67.0 Å². The van der Waals surface area contributed by atoms with E-state index in [0.717, 1.165) is 23.4 Å². The van der Waals surface area contributed by atoms with Gasteiger partial charge in [0.05, 0.1) is 5.02 Å². The van der Waals surface area contributed by atoms with Crippen LogP contribution in [-0.4, -0.2) is 4.98 Å². The Bertz CT molecular complexity index is 827. The van der Waals surface area contributed by atoms with Gasteiger partial charge in [-0.2, -0.15) is 0 Å². The Balaban J connectivity index is 1.60. The van der Waals surface area contributed by atoms with Crippen molar-refractivity contribution in [2.24, 2.45) is 0 Å². The lowest BCUT2D eigenvalue weighted by Gasteiger charge is -2.13. The van der Waals surface area contributed by atoms with Gasteiger partial charge in [0.1, 0.15) is 18.2 Å². The number of pyridine rings is 1. The smallest absolute Gasteiger partial charge is 0.124 e. The van der Waals surface area contributed by atoms with Gasteiger partial charge in [0.2, 0.25) is 0 Å². The van der Waals surface area contributed by atoms with Crippen molar-refractivity contribution in [3.63, 3.8) is 0 Å². The van der Waals surface area contributed by atoms with Crippen molar-refractivity contribution in [1.29, 1.82) is 0 Å². The van der Waals surface area contributed by atoms with Gasteiger partial charge in [0, 0.05) is 36.6 Å². The molecule has 25 heavy (non-hydrogen) atoms. The molecule has 5 heteroatoms. The first-order valence-corrected chi connectivity index (χ1v) is 8.34. The van der Waals surface area contributed by atoms with Crippen LogP contribution in [0.3, 0.4) is 0 Å². The summed E-state index contributed by atoms with van der Waals surface area (Å²) in [6.07, 6.45) is 3.56. The molecule has 1 aromatic heterocycles. The van der Waals surface area contributed by atoms with Gasteiger partial charge in [0.25, 0.3) is 0 Å². The molecule has 0 radical (unpaired) electrons. The molecule has 0 unspecified atom stereocenters. The van der Waals surface area contributed by atoms with Crippen molar-refractivity contribution in [3.8, 4) is 5.75 Å². The number of hydrogen-bond donors (Lipinski definition) is 1. The lowest BCUT2D eigenvalue weighted by Crippen LogP contribution is -2.13. The third kappa shape index (κ3) is 5.02. The first-order valence-electron chi connectivity index (χ1n) is 7.96. The van der Waals surface area contributed by atoms with Gasteiger partial charge in [-0.25, -0.2) is 4.39 Å². The van der Waals surface area contributed by atoms with Crippen molar-refractivity contribution in [1.82, 2.24) is 10.3 Å². The van der Waals surface area contributed by atoms with Gasteiger partial charge in [-0.3, -0.25) is 4.98 Å². The normalized spacial score (nSPS) is 10.6. The van der Waals surface area contributed by atoms with Crippen molar-refractivity contribution in [2.75, 3.05) is 0 Å². The first kappa shape index (κ1) is 17.4. The monoisotopic (exact) mass is 356 g/mol. The van der Waals surface area contributed by atoms with E-state index in [0.29, 0.717) is 18.2 Å². The Hall–Kier alpha value is -2.43. The predicted octanol–water partition coefficient (Wildman–Crippen LogP) is 4.74. The second-order valence-corrected chi connectivity index (χ2v) is 6.00. The van der Waals surface area contributed by atoms with Crippen LogP contribution < -0.4 is 10.1 Å². The van der Waals surface area contributed by atoms with Crippen molar-refractivity contribution < 1.29 is 9.13 Å². The maximum Gasteiger partial charge on any atom is 0.124 e. The minimum Gasteiger partial charge on any atom is -0.489 e. The summed E-state index contributed by atoms with van der Waals surface area (Å²) in [5.74, 6) is 0.430. The van der Waals surface area contributed by atoms with Gasteiger partial charge < -0.3 is 10.1 Å². The van der Waals surface area contributed by atoms with E-state index in [1.54, 1.807) is 18.5 Å². The number of ether oxygens (including phenoxy) is 1. The van der Waals surface area contributed by atoms with Crippen LogP contribution >= 0.6 is 11.6 Å². The fourth-order valence-electron chi connectivity index (χ4n) is 2.43. The fourth-order valence-corrected chi connectivity index (χ4v) is 2.65. The molecule has 128 valence electrons. The number of para-hydroxylation sites is 1. The summed E-state index contributed by atoms with van der Waals surface area (Å²) in [5.41, 5.74) is 2.98. The lowest BCUT2D eigenvalue weighted by atomic mass is 10.2. The van der Waals surface area contributed by atoms with E-state index in [-0.39, 0.29) is 5.82 Å². The second-order valence-electron chi connectivity index (χ2n) is 5.59. The zero-order valence-corrected chi connectivity index (χ0v) is 14.3. The molecule has 0 bridgehead atoms. The Morgan fingerprint density at radius 3 is 2.56 bits per heavy atom. The number of benzene rings is 2. The molecular weight excluding hydrogens is 339 g/mol. The second kappa shape index (κ2) is 8.60.